The van der Waals surface area contributed by atoms with Crippen LogP contribution in [0.3, 0.4) is 0 Å². The van der Waals surface area contributed by atoms with E-state index in [2.05, 4.69) is 61.3 Å². The van der Waals surface area contributed by atoms with E-state index >= 15 is 0 Å². The van der Waals surface area contributed by atoms with Gasteiger partial charge in [0.1, 0.15) is 0 Å². The minimum Gasteiger partial charge on any atom is -0.305 e. The monoisotopic (exact) mass is 286 g/mol. The van der Waals surface area contributed by atoms with Crippen LogP contribution in [-0.2, 0) is 12.5 Å². The Kier molecular flexibility index (Phi) is 4.15. The van der Waals surface area contributed by atoms with Gasteiger partial charge >= 0.3 is 0 Å². The molecule has 0 bridgehead atoms. The third-order valence-electron chi connectivity index (χ3n) is 3.11. The number of nitrogens with zero attached hydrogens (tertiary/aromatic N) is 4. The molecular formula is C15H18N4S. The topological polar surface area (TPSA) is 54.5 Å². The second-order valence-electron chi connectivity index (χ2n) is 5.64. The minimum absolute atomic E-state index is 0.145. The summed E-state index contributed by atoms with van der Waals surface area (Å²) in [5, 5.41) is 17.7. The molecule has 0 saturated heterocycles. The lowest BCUT2D eigenvalue weighted by Gasteiger charge is -2.19. The standard InChI is InChI=1S/C15H18N4S/c1-15(2,3)12-7-5-11(6-8-12)13-17-18-14(19(13)4)20-10-9-16/h5-8H,10H2,1-4H3. The largest absolute Gasteiger partial charge is 0.305 e. The van der Waals surface area contributed by atoms with Crippen molar-refractivity contribution >= 4 is 11.8 Å². The van der Waals surface area contributed by atoms with Crippen LogP contribution in [0.1, 0.15) is 26.3 Å². The first kappa shape index (κ1) is 14.6. The molecule has 1 heterocycles. The van der Waals surface area contributed by atoms with E-state index in [4.69, 9.17) is 5.26 Å². The van der Waals surface area contributed by atoms with Crippen molar-refractivity contribution in [2.45, 2.75) is 31.3 Å². The Morgan fingerprint density at radius 3 is 2.40 bits per heavy atom. The van der Waals surface area contributed by atoms with E-state index in [-0.39, 0.29) is 5.41 Å². The summed E-state index contributed by atoms with van der Waals surface area (Å²) in [5.74, 6) is 1.21. The molecule has 4 nitrogen and oxygen atoms in total. The fraction of sp³-hybridized carbons (Fsp3) is 0.400. The number of hydrogen-bond donors (Lipinski definition) is 0. The van der Waals surface area contributed by atoms with Crippen LogP contribution in [0, 0.1) is 11.3 Å². The summed E-state index contributed by atoms with van der Waals surface area (Å²) in [6.07, 6.45) is 0. The number of nitriles is 1. The molecule has 2 aromatic rings. The SMILES string of the molecule is Cn1c(SCC#N)nnc1-c1ccc(C(C)(C)C)cc1. The predicted molar refractivity (Wildman–Crippen MR) is 81.5 cm³/mol. The van der Waals surface area contributed by atoms with Crippen LogP contribution in [-0.4, -0.2) is 20.5 Å². The van der Waals surface area contributed by atoms with Gasteiger partial charge in [0, 0.05) is 12.6 Å². The molecule has 0 saturated carbocycles. The summed E-state index contributed by atoms with van der Waals surface area (Å²) in [7, 11) is 1.92. The molecule has 20 heavy (non-hydrogen) atoms. The molecule has 0 aliphatic carbocycles. The van der Waals surface area contributed by atoms with Gasteiger partial charge in [-0.25, -0.2) is 0 Å². The number of aromatic nitrogens is 3. The molecule has 104 valence electrons. The molecule has 1 aromatic carbocycles. The van der Waals surface area contributed by atoms with Crippen LogP contribution in [0.4, 0.5) is 0 Å². The lowest BCUT2D eigenvalue weighted by molar-refractivity contribution is 0.590. The van der Waals surface area contributed by atoms with E-state index in [0.29, 0.717) is 5.75 Å². The third-order valence-corrected chi connectivity index (χ3v) is 4.00. The maximum absolute atomic E-state index is 8.62. The molecule has 0 spiro atoms. The highest BCUT2D eigenvalue weighted by atomic mass is 32.2. The third kappa shape index (κ3) is 3.02. The molecule has 0 atom stereocenters. The van der Waals surface area contributed by atoms with Crippen LogP contribution in [0.25, 0.3) is 11.4 Å². The number of hydrogen-bond acceptors (Lipinski definition) is 4. The van der Waals surface area contributed by atoms with E-state index in [0.717, 1.165) is 16.5 Å². The number of thioether (sulfide) groups is 1. The summed E-state index contributed by atoms with van der Waals surface area (Å²) < 4.78 is 1.92. The van der Waals surface area contributed by atoms with Gasteiger partial charge in [0.25, 0.3) is 0 Å². The van der Waals surface area contributed by atoms with Gasteiger partial charge in [-0.05, 0) is 11.0 Å². The first-order valence-electron chi connectivity index (χ1n) is 6.43. The Hall–Kier alpha value is -1.80. The first-order valence-corrected chi connectivity index (χ1v) is 7.42. The van der Waals surface area contributed by atoms with Gasteiger partial charge in [0.2, 0.25) is 0 Å². The number of benzene rings is 1. The first-order chi connectivity index (χ1) is 9.43. The average Bonchev–Trinajstić information content (AvgIpc) is 2.77. The fourth-order valence-electron chi connectivity index (χ4n) is 1.91. The zero-order chi connectivity index (χ0) is 14.8. The van der Waals surface area contributed by atoms with E-state index in [9.17, 15) is 0 Å². The van der Waals surface area contributed by atoms with Crippen molar-refractivity contribution in [2.24, 2.45) is 7.05 Å². The highest BCUT2D eigenvalue weighted by molar-refractivity contribution is 7.99. The maximum atomic E-state index is 8.62. The predicted octanol–water partition coefficient (Wildman–Crippen LogP) is 3.40. The van der Waals surface area contributed by atoms with Crippen molar-refractivity contribution < 1.29 is 0 Å². The summed E-state index contributed by atoms with van der Waals surface area (Å²) >= 11 is 1.40. The van der Waals surface area contributed by atoms with Gasteiger partial charge in [-0.15, -0.1) is 10.2 Å². The zero-order valence-electron chi connectivity index (χ0n) is 12.2. The molecule has 2 rings (SSSR count). The molecule has 0 amide bonds. The lowest BCUT2D eigenvalue weighted by atomic mass is 9.87. The fourth-order valence-corrected chi connectivity index (χ4v) is 2.48. The van der Waals surface area contributed by atoms with Crippen molar-refractivity contribution in [3.05, 3.63) is 29.8 Å². The van der Waals surface area contributed by atoms with Crippen LogP contribution >= 0.6 is 11.8 Å². The van der Waals surface area contributed by atoms with Crippen molar-refractivity contribution in [1.82, 2.24) is 14.8 Å². The Bertz CT molecular complexity index is 629. The highest BCUT2D eigenvalue weighted by Gasteiger charge is 2.15. The van der Waals surface area contributed by atoms with E-state index in [1.165, 1.54) is 17.3 Å². The quantitative estimate of drug-likeness (QED) is 0.812. The van der Waals surface area contributed by atoms with E-state index in [1.807, 2.05) is 11.6 Å². The van der Waals surface area contributed by atoms with Crippen molar-refractivity contribution in [1.29, 1.82) is 5.26 Å². The van der Waals surface area contributed by atoms with E-state index in [1.54, 1.807) is 0 Å². The summed E-state index contributed by atoms with van der Waals surface area (Å²) in [6, 6.07) is 10.5. The lowest BCUT2D eigenvalue weighted by Crippen LogP contribution is -2.10. The summed E-state index contributed by atoms with van der Waals surface area (Å²) in [4.78, 5) is 0. The van der Waals surface area contributed by atoms with Gasteiger partial charge in [0.05, 0.1) is 11.8 Å². The van der Waals surface area contributed by atoms with Gasteiger partial charge in [0.15, 0.2) is 11.0 Å². The molecule has 0 aliphatic rings. The molecule has 0 unspecified atom stereocenters. The normalized spacial score (nSPS) is 11.3. The molecule has 0 aliphatic heterocycles. The van der Waals surface area contributed by atoms with Crippen LogP contribution in [0.2, 0.25) is 0 Å². The summed E-state index contributed by atoms with van der Waals surface area (Å²) in [6.45, 7) is 6.59. The molecule has 0 fully saturated rings. The smallest absolute Gasteiger partial charge is 0.192 e. The Labute approximate surface area is 123 Å². The second kappa shape index (κ2) is 5.68. The molecule has 0 radical (unpaired) electrons. The zero-order valence-corrected chi connectivity index (χ0v) is 13.0. The Morgan fingerprint density at radius 1 is 1.20 bits per heavy atom. The van der Waals surface area contributed by atoms with Gasteiger partial charge in [-0.3, -0.25) is 0 Å². The second-order valence-corrected chi connectivity index (χ2v) is 6.58. The van der Waals surface area contributed by atoms with Crippen LogP contribution < -0.4 is 0 Å². The van der Waals surface area contributed by atoms with Gasteiger partial charge in [-0.2, -0.15) is 5.26 Å². The van der Waals surface area contributed by atoms with Crippen molar-refractivity contribution in [3.63, 3.8) is 0 Å². The van der Waals surface area contributed by atoms with Gasteiger partial charge in [-0.1, -0.05) is 56.8 Å². The number of rotatable bonds is 3. The molecule has 1 aromatic heterocycles. The maximum Gasteiger partial charge on any atom is 0.192 e. The Morgan fingerprint density at radius 2 is 1.85 bits per heavy atom. The van der Waals surface area contributed by atoms with Crippen molar-refractivity contribution in [2.75, 3.05) is 5.75 Å². The summed E-state index contributed by atoms with van der Waals surface area (Å²) in [5.41, 5.74) is 2.48. The highest BCUT2D eigenvalue weighted by Crippen LogP contribution is 2.26. The Balaban J connectivity index is 2.29. The average molecular weight is 286 g/mol. The van der Waals surface area contributed by atoms with Crippen molar-refractivity contribution in [3.8, 4) is 17.5 Å². The van der Waals surface area contributed by atoms with Crippen LogP contribution in [0.15, 0.2) is 29.4 Å². The van der Waals surface area contributed by atoms with E-state index < -0.39 is 0 Å². The minimum atomic E-state index is 0.145. The molecular weight excluding hydrogens is 268 g/mol. The van der Waals surface area contributed by atoms with Crippen LogP contribution in [0.5, 0.6) is 0 Å². The molecule has 5 heteroatoms. The molecule has 0 N–H and O–H groups in total. The van der Waals surface area contributed by atoms with Gasteiger partial charge < -0.3 is 4.57 Å².